The molecule has 0 aliphatic rings. The largest absolute Gasteiger partial charge is 0.858 e. The normalized spacial score (nSPS) is 12.2. The van der Waals surface area contributed by atoms with Crippen LogP contribution in [0.4, 0.5) is 13.2 Å². The molecule has 0 aliphatic carbocycles. The van der Waals surface area contributed by atoms with Crippen molar-refractivity contribution in [2.24, 2.45) is 4.40 Å². The Balaban J connectivity index is 2.08. The summed E-state index contributed by atoms with van der Waals surface area (Å²) in [7, 11) is -4.49. The maximum Gasteiger partial charge on any atom is 0.573 e. The molecule has 0 amide bonds. The summed E-state index contributed by atoms with van der Waals surface area (Å²) in [5, 5.41) is 12.3. The quantitative estimate of drug-likeness (QED) is 0.181. The van der Waals surface area contributed by atoms with Crippen LogP contribution in [-0.4, -0.2) is 39.9 Å². The van der Waals surface area contributed by atoms with Gasteiger partial charge >= 0.3 is 12.3 Å². The SMILES string of the molecule is C=C(C)C(=O)OCCOc1cccc(/C([O-])=N/S(=O)(=O)c2ccc(OC(F)(F)F)cc2)c1. The third kappa shape index (κ3) is 7.61. The van der Waals surface area contributed by atoms with Gasteiger partial charge in [-0.05, 0) is 48.9 Å². The van der Waals surface area contributed by atoms with Crippen molar-refractivity contribution in [2.45, 2.75) is 18.2 Å². The minimum atomic E-state index is -4.93. The molecule has 0 unspecified atom stereocenters. The van der Waals surface area contributed by atoms with Crippen LogP contribution >= 0.6 is 0 Å². The summed E-state index contributed by atoms with van der Waals surface area (Å²) >= 11 is 0. The molecule has 0 heterocycles. The summed E-state index contributed by atoms with van der Waals surface area (Å²) in [5.74, 6) is -2.12. The highest BCUT2D eigenvalue weighted by Crippen LogP contribution is 2.24. The number of carbonyl (C=O) groups excluding carboxylic acids is 1. The van der Waals surface area contributed by atoms with Crippen molar-refractivity contribution in [3.05, 3.63) is 66.2 Å². The fourth-order valence-corrected chi connectivity index (χ4v) is 3.07. The highest BCUT2D eigenvalue weighted by molar-refractivity contribution is 7.90. The van der Waals surface area contributed by atoms with Crippen LogP contribution < -0.4 is 14.6 Å². The summed E-state index contributed by atoms with van der Waals surface area (Å²) in [6, 6.07) is 8.69. The lowest BCUT2D eigenvalue weighted by Crippen LogP contribution is -2.21. The van der Waals surface area contributed by atoms with Crippen molar-refractivity contribution in [2.75, 3.05) is 13.2 Å². The van der Waals surface area contributed by atoms with Gasteiger partial charge in [0.2, 0.25) is 0 Å². The lowest BCUT2D eigenvalue weighted by atomic mass is 10.2. The Morgan fingerprint density at radius 1 is 1.09 bits per heavy atom. The smallest absolute Gasteiger partial charge is 0.573 e. The molecule has 0 N–H and O–H groups in total. The maximum absolute atomic E-state index is 12.3. The van der Waals surface area contributed by atoms with Gasteiger partial charge in [-0.15, -0.1) is 13.2 Å². The van der Waals surface area contributed by atoms with E-state index in [0.29, 0.717) is 0 Å². The molecule has 2 aromatic carbocycles. The number of esters is 1. The molecule has 0 fully saturated rings. The first-order valence-electron chi connectivity index (χ1n) is 8.81. The molecule has 0 bridgehead atoms. The highest BCUT2D eigenvalue weighted by Gasteiger charge is 2.31. The molecule has 0 saturated heterocycles. The van der Waals surface area contributed by atoms with E-state index in [-0.39, 0.29) is 30.1 Å². The van der Waals surface area contributed by atoms with E-state index in [2.05, 4.69) is 15.7 Å². The Morgan fingerprint density at radius 2 is 1.75 bits per heavy atom. The molecular weight excluding hydrogens is 455 g/mol. The molecule has 0 saturated carbocycles. The zero-order valence-corrected chi connectivity index (χ0v) is 17.4. The second kappa shape index (κ2) is 10.2. The van der Waals surface area contributed by atoms with Crippen LogP contribution in [0, 0.1) is 0 Å². The van der Waals surface area contributed by atoms with Crippen molar-refractivity contribution in [3.8, 4) is 11.5 Å². The van der Waals surface area contributed by atoms with Gasteiger partial charge in [-0.25, -0.2) is 4.79 Å². The number of alkyl halides is 3. The van der Waals surface area contributed by atoms with Crippen LogP contribution in [0.2, 0.25) is 0 Å². The van der Waals surface area contributed by atoms with Crippen LogP contribution in [0.1, 0.15) is 12.5 Å². The average Bonchev–Trinajstić information content (AvgIpc) is 2.70. The highest BCUT2D eigenvalue weighted by atomic mass is 32.2. The molecular formula is C20H17F3NO7S-. The number of sulfonamides is 1. The molecule has 0 spiro atoms. The van der Waals surface area contributed by atoms with Gasteiger partial charge in [-0.2, -0.15) is 12.8 Å². The van der Waals surface area contributed by atoms with E-state index >= 15 is 0 Å². The number of hydrogen-bond acceptors (Lipinski definition) is 7. The van der Waals surface area contributed by atoms with Crippen LogP contribution in [0.25, 0.3) is 0 Å². The summed E-state index contributed by atoms with van der Waals surface area (Å²) in [5.41, 5.74) is 0.116. The van der Waals surface area contributed by atoms with E-state index in [0.717, 1.165) is 24.3 Å². The van der Waals surface area contributed by atoms with E-state index in [4.69, 9.17) is 9.47 Å². The molecule has 0 aromatic heterocycles. The zero-order chi connectivity index (χ0) is 23.9. The molecule has 32 heavy (non-hydrogen) atoms. The Kier molecular flexibility index (Phi) is 7.87. The lowest BCUT2D eigenvalue weighted by Gasteiger charge is -2.13. The van der Waals surface area contributed by atoms with E-state index in [1.165, 1.54) is 31.2 Å². The summed E-state index contributed by atoms with van der Waals surface area (Å²) < 4.78 is 78.2. The number of hydrogen-bond donors (Lipinski definition) is 0. The van der Waals surface area contributed by atoms with Gasteiger partial charge in [-0.1, -0.05) is 18.7 Å². The predicted molar refractivity (Wildman–Crippen MR) is 105 cm³/mol. The van der Waals surface area contributed by atoms with Crippen molar-refractivity contribution in [1.29, 1.82) is 0 Å². The average molecular weight is 472 g/mol. The first-order chi connectivity index (χ1) is 14.9. The summed E-state index contributed by atoms with van der Waals surface area (Å²) in [6.07, 6.45) is -4.93. The fourth-order valence-electron chi connectivity index (χ4n) is 2.16. The van der Waals surface area contributed by atoms with Gasteiger partial charge in [0.05, 0.1) is 4.90 Å². The number of rotatable bonds is 9. The van der Waals surface area contributed by atoms with Crippen LogP contribution in [0.15, 0.2) is 70.0 Å². The Labute approximate surface area is 181 Å². The maximum atomic E-state index is 12.3. The van der Waals surface area contributed by atoms with Crippen molar-refractivity contribution in [3.63, 3.8) is 0 Å². The second-order valence-electron chi connectivity index (χ2n) is 6.18. The van der Waals surface area contributed by atoms with E-state index < -0.39 is 38.9 Å². The third-order valence-electron chi connectivity index (χ3n) is 3.57. The van der Waals surface area contributed by atoms with Crippen LogP contribution in [-0.2, 0) is 19.6 Å². The Hall–Kier alpha value is -3.54. The molecule has 0 radical (unpaired) electrons. The van der Waals surface area contributed by atoms with Crippen molar-refractivity contribution in [1.82, 2.24) is 0 Å². The van der Waals surface area contributed by atoms with Gasteiger partial charge in [0.25, 0.3) is 10.0 Å². The predicted octanol–water partition coefficient (Wildman–Crippen LogP) is 2.58. The Bertz CT molecular complexity index is 1110. The molecule has 2 rings (SSSR count). The topological polar surface area (TPSA) is 114 Å². The minimum absolute atomic E-state index is 0.0293. The first kappa shape index (κ1) is 24.7. The van der Waals surface area contributed by atoms with Crippen LogP contribution in [0.5, 0.6) is 11.5 Å². The van der Waals surface area contributed by atoms with Crippen LogP contribution in [0.3, 0.4) is 0 Å². The zero-order valence-electron chi connectivity index (χ0n) is 16.6. The van der Waals surface area contributed by atoms with Crippen molar-refractivity contribution >= 4 is 21.9 Å². The fraction of sp³-hybridized carbons (Fsp3) is 0.200. The second-order valence-corrected chi connectivity index (χ2v) is 7.79. The number of halogens is 3. The number of carbonyl (C=O) groups is 1. The Morgan fingerprint density at radius 3 is 2.34 bits per heavy atom. The number of nitrogens with zero attached hydrogens (tertiary/aromatic N) is 1. The summed E-state index contributed by atoms with van der Waals surface area (Å²) in [6.45, 7) is 4.81. The lowest BCUT2D eigenvalue weighted by molar-refractivity contribution is -0.274. The van der Waals surface area contributed by atoms with E-state index in [1.807, 2.05) is 0 Å². The minimum Gasteiger partial charge on any atom is -0.858 e. The van der Waals surface area contributed by atoms with Crippen molar-refractivity contribution < 1.29 is 45.7 Å². The standard InChI is InChI=1S/C20H18F3NO7S/c1-13(2)19(26)30-11-10-29-16-5-3-4-14(12-16)18(25)24-32(27,28)17-8-6-15(7-9-17)31-20(21,22)23/h3-9,12H,1,10-11H2,2H3,(H,24,25)/p-1. The molecule has 0 atom stereocenters. The third-order valence-corrected chi connectivity index (χ3v) is 4.85. The molecule has 172 valence electrons. The summed E-state index contributed by atoms with van der Waals surface area (Å²) in [4.78, 5) is 10.8. The molecule has 12 heteroatoms. The number of ether oxygens (including phenoxy) is 3. The van der Waals surface area contributed by atoms with E-state index in [1.54, 1.807) is 0 Å². The monoisotopic (exact) mass is 472 g/mol. The van der Waals surface area contributed by atoms with Gasteiger partial charge in [0.1, 0.15) is 24.7 Å². The molecule has 0 aliphatic heterocycles. The molecule has 2 aromatic rings. The van der Waals surface area contributed by atoms with Gasteiger partial charge < -0.3 is 19.3 Å². The van der Waals surface area contributed by atoms with Gasteiger partial charge in [0.15, 0.2) is 0 Å². The van der Waals surface area contributed by atoms with Gasteiger partial charge in [-0.3, -0.25) is 0 Å². The van der Waals surface area contributed by atoms with E-state index in [9.17, 15) is 31.5 Å². The first-order valence-corrected chi connectivity index (χ1v) is 10.2. The number of benzene rings is 2. The molecule has 8 nitrogen and oxygen atoms in total. The van der Waals surface area contributed by atoms with Gasteiger partial charge in [0, 0.05) is 11.5 Å².